The first kappa shape index (κ1) is 18.9. The number of hydrogen-bond donors (Lipinski definition) is 1. The Morgan fingerprint density at radius 1 is 1.07 bits per heavy atom. The third-order valence-electron chi connectivity index (χ3n) is 4.68. The van der Waals surface area contributed by atoms with Gasteiger partial charge in [-0.2, -0.15) is 5.26 Å². The molecule has 0 fully saturated rings. The molecule has 0 aliphatic rings. The summed E-state index contributed by atoms with van der Waals surface area (Å²) < 4.78 is 3.02. The van der Waals surface area contributed by atoms with E-state index in [1.165, 1.54) is 5.56 Å². The summed E-state index contributed by atoms with van der Waals surface area (Å²) in [6, 6.07) is 24.7. The van der Waals surface area contributed by atoms with E-state index in [9.17, 15) is 10.1 Å². The third kappa shape index (κ3) is 4.20. The monoisotopic (exact) mass is 444 g/mol. The Hall–Kier alpha value is -3.43. The van der Waals surface area contributed by atoms with Crippen LogP contribution in [0.5, 0.6) is 0 Å². The van der Waals surface area contributed by atoms with Gasteiger partial charge in [-0.3, -0.25) is 10.1 Å². The van der Waals surface area contributed by atoms with Gasteiger partial charge in [-0.25, -0.2) is 4.98 Å². The van der Waals surface area contributed by atoms with Crippen molar-refractivity contribution in [1.29, 1.82) is 5.26 Å². The number of hydrogen-bond acceptors (Lipinski definition) is 3. The number of fused-ring (bicyclic) bond motifs is 1. The molecule has 0 spiro atoms. The molecule has 6 heteroatoms. The van der Waals surface area contributed by atoms with Gasteiger partial charge >= 0.3 is 0 Å². The van der Waals surface area contributed by atoms with Gasteiger partial charge in [0.1, 0.15) is 0 Å². The van der Waals surface area contributed by atoms with E-state index < -0.39 is 0 Å². The molecular formula is C23H17BrN4O. The van der Waals surface area contributed by atoms with Gasteiger partial charge in [0.25, 0.3) is 5.91 Å². The van der Waals surface area contributed by atoms with Crippen LogP contribution in [0, 0.1) is 11.3 Å². The van der Waals surface area contributed by atoms with Gasteiger partial charge in [0.05, 0.1) is 22.7 Å². The third-order valence-corrected chi connectivity index (χ3v) is 5.20. The summed E-state index contributed by atoms with van der Waals surface area (Å²) in [7, 11) is 0. The molecule has 29 heavy (non-hydrogen) atoms. The number of benzene rings is 3. The normalized spacial score (nSPS) is 10.6. The van der Waals surface area contributed by atoms with Crippen LogP contribution in [0.4, 0.5) is 5.95 Å². The molecule has 5 nitrogen and oxygen atoms in total. The number of aryl methyl sites for hydroxylation is 2. The molecule has 1 heterocycles. The second-order valence-corrected chi connectivity index (χ2v) is 7.51. The summed E-state index contributed by atoms with van der Waals surface area (Å²) >= 11 is 3.45. The second-order valence-electron chi connectivity index (χ2n) is 6.60. The van der Waals surface area contributed by atoms with Gasteiger partial charge in [0, 0.05) is 16.6 Å². The minimum absolute atomic E-state index is 0.216. The SMILES string of the molecule is N#Cc1ccc2c(c1)nc(NC(=O)c1ccccc1)n2CCc1ccc(Br)cc1. The molecule has 142 valence electrons. The lowest BCUT2D eigenvalue weighted by molar-refractivity contribution is 0.102. The van der Waals surface area contributed by atoms with Crippen molar-refractivity contribution in [1.82, 2.24) is 9.55 Å². The minimum Gasteiger partial charge on any atom is -0.310 e. The van der Waals surface area contributed by atoms with E-state index in [0.717, 1.165) is 16.4 Å². The van der Waals surface area contributed by atoms with Crippen molar-refractivity contribution in [3.8, 4) is 6.07 Å². The number of imidazole rings is 1. The van der Waals surface area contributed by atoms with Crippen LogP contribution < -0.4 is 5.32 Å². The summed E-state index contributed by atoms with van der Waals surface area (Å²) in [4.78, 5) is 17.2. The average Bonchev–Trinajstić information content (AvgIpc) is 3.09. The Bertz CT molecular complexity index is 1210. The molecule has 1 amide bonds. The first-order valence-corrected chi connectivity index (χ1v) is 9.94. The summed E-state index contributed by atoms with van der Waals surface area (Å²) in [6.07, 6.45) is 0.785. The Morgan fingerprint density at radius 2 is 1.83 bits per heavy atom. The number of amides is 1. The molecule has 4 rings (SSSR count). The highest BCUT2D eigenvalue weighted by molar-refractivity contribution is 9.10. The smallest absolute Gasteiger partial charge is 0.257 e. The quantitative estimate of drug-likeness (QED) is 0.461. The van der Waals surface area contributed by atoms with Crippen molar-refractivity contribution in [3.63, 3.8) is 0 Å². The minimum atomic E-state index is -0.216. The van der Waals surface area contributed by atoms with Crippen LogP contribution in [0.2, 0.25) is 0 Å². The second kappa shape index (κ2) is 8.29. The van der Waals surface area contributed by atoms with Crippen molar-refractivity contribution in [3.05, 3.63) is 94.0 Å². The van der Waals surface area contributed by atoms with E-state index >= 15 is 0 Å². The zero-order chi connectivity index (χ0) is 20.2. The molecule has 3 aromatic carbocycles. The lowest BCUT2D eigenvalue weighted by Gasteiger charge is -2.10. The number of carbonyl (C=O) groups is 1. The predicted molar refractivity (Wildman–Crippen MR) is 117 cm³/mol. The van der Waals surface area contributed by atoms with Gasteiger partial charge < -0.3 is 4.57 Å². The molecular weight excluding hydrogens is 428 g/mol. The first-order valence-electron chi connectivity index (χ1n) is 9.15. The number of carbonyl (C=O) groups excluding carboxylic acids is 1. The van der Waals surface area contributed by atoms with E-state index in [1.807, 2.05) is 41.0 Å². The number of nitriles is 1. The fourth-order valence-corrected chi connectivity index (χ4v) is 3.44. The average molecular weight is 445 g/mol. The maximum absolute atomic E-state index is 12.7. The molecule has 0 radical (unpaired) electrons. The Kier molecular flexibility index (Phi) is 5.41. The number of nitrogens with zero attached hydrogens (tertiary/aromatic N) is 3. The van der Waals surface area contributed by atoms with Crippen molar-refractivity contribution in [2.24, 2.45) is 0 Å². The largest absolute Gasteiger partial charge is 0.310 e. The highest BCUT2D eigenvalue weighted by atomic mass is 79.9. The van der Waals surface area contributed by atoms with E-state index in [2.05, 4.69) is 44.4 Å². The lowest BCUT2D eigenvalue weighted by Crippen LogP contribution is -2.16. The summed E-state index contributed by atoms with van der Waals surface area (Å²) in [5.74, 6) is 0.257. The van der Waals surface area contributed by atoms with Crippen molar-refractivity contribution in [2.45, 2.75) is 13.0 Å². The van der Waals surface area contributed by atoms with Gasteiger partial charge in [0.2, 0.25) is 5.95 Å². The Morgan fingerprint density at radius 3 is 2.55 bits per heavy atom. The number of aromatic nitrogens is 2. The molecule has 0 saturated heterocycles. The molecule has 0 aliphatic carbocycles. The summed E-state index contributed by atoms with van der Waals surface area (Å²) in [5, 5.41) is 12.1. The van der Waals surface area contributed by atoms with Crippen LogP contribution in [0.1, 0.15) is 21.5 Å². The summed E-state index contributed by atoms with van der Waals surface area (Å²) in [5.41, 5.74) is 3.85. The molecule has 1 aromatic heterocycles. The van der Waals surface area contributed by atoms with Gasteiger partial charge in [0.15, 0.2) is 0 Å². The van der Waals surface area contributed by atoms with Crippen LogP contribution in [-0.4, -0.2) is 15.5 Å². The van der Waals surface area contributed by atoms with Gasteiger partial charge in [-0.15, -0.1) is 0 Å². The van der Waals surface area contributed by atoms with Crippen LogP contribution in [0.25, 0.3) is 11.0 Å². The number of anilines is 1. The van der Waals surface area contributed by atoms with Crippen molar-refractivity contribution < 1.29 is 4.79 Å². The molecule has 0 bridgehead atoms. The molecule has 0 saturated carbocycles. The fourth-order valence-electron chi connectivity index (χ4n) is 3.18. The zero-order valence-corrected chi connectivity index (χ0v) is 17.1. The van der Waals surface area contributed by atoms with E-state index in [1.54, 1.807) is 24.3 Å². The predicted octanol–water partition coefficient (Wildman–Crippen LogP) is 5.17. The Balaban J connectivity index is 1.67. The van der Waals surface area contributed by atoms with Crippen LogP contribution >= 0.6 is 15.9 Å². The molecule has 1 N–H and O–H groups in total. The molecule has 0 unspecified atom stereocenters. The molecule has 0 aliphatic heterocycles. The van der Waals surface area contributed by atoms with E-state index in [4.69, 9.17) is 0 Å². The maximum Gasteiger partial charge on any atom is 0.257 e. The topological polar surface area (TPSA) is 70.7 Å². The lowest BCUT2D eigenvalue weighted by atomic mass is 10.1. The van der Waals surface area contributed by atoms with Crippen molar-refractivity contribution in [2.75, 3.05) is 5.32 Å². The number of rotatable bonds is 5. The standard InChI is InChI=1S/C23H17BrN4O/c24-19-9-6-16(7-10-19)12-13-28-21-11-8-17(15-25)14-20(21)26-23(28)27-22(29)18-4-2-1-3-5-18/h1-11,14H,12-13H2,(H,26,27,29). The molecule has 4 aromatic rings. The van der Waals surface area contributed by atoms with Crippen LogP contribution in [-0.2, 0) is 13.0 Å². The van der Waals surface area contributed by atoms with Crippen LogP contribution in [0.15, 0.2) is 77.3 Å². The van der Waals surface area contributed by atoms with Gasteiger partial charge in [-0.1, -0.05) is 46.3 Å². The summed E-state index contributed by atoms with van der Waals surface area (Å²) in [6.45, 7) is 0.647. The Labute approximate surface area is 176 Å². The van der Waals surface area contributed by atoms with Gasteiger partial charge in [-0.05, 0) is 54.4 Å². The highest BCUT2D eigenvalue weighted by Gasteiger charge is 2.15. The van der Waals surface area contributed by atoms with E-state index in [0.29, 0.717) is 29.1 Å². The fraction of sp³-hybridized carbons (Fsp3) is 0.0870. The maximum atomic E-state index is 12.7. The van der Waals surface area contributed by atoms with Crippen LogP contribution in [0.3, 0.4) is 0 Å². The zero-order valence-electron chi connectivity index (χ0n) is 15.5. The first-order chi connectivity index (χ1) is 14.1. The highest BCUT2D eigenvalue weighted by Crippen LogP contribution is 2.23. The van der Waals surface area contributed by atoms with Crippen molar-refractivity contribution >= 4 is 38.8 Å². The van der Waals surface area contributed by atoms with E-state index in [-0.39, 0.29) is 5.91 Å². The number of nitrogens with one attached hydrogen (secondary N) is 1. The molecule has 0 atom stereocenters. The number of halogens is 1.